The van der Waals surface area contributed by atoms with Crippen molar-refractivity contribution >= 4 is 11.8 Å². The van der Waals surface area contributed by atoms with Crippen molar-refractivity contribution in [2.24, 2.45) is 5.92 Å². The maximum Gasteiger partial charge on any atom is 0.244 e. The molecule has 1 aliphatic rings. The lowest BCUT2D eigenvalue weighted by molar-refractivity contribution is -0.135. The molecule has 1 aliphatic heterocycles. The fourth-order valence-corrected chi connectivity index (χ4v) is 4.43. The lowest BCUT2D eigenvalue weighted by atomic mass is 9.91. The van der Waals surface area contributed by atoms with Crippen molar-refractivity contribution in [2.75, 3.05) is 26.2 Å². The Labute approximate surface area is 195 Å². The van der Waals surface area contributed by atoms with E-state index < -0.39 is 0 Å². The van der Waals surface area contributed by atoms with E-state index in [2.05, 4.69) is 53.6 Å². The largest absolute Gasteiger partial charge is 0.341 e. The van der Waals surface area contributed by atoms with Crippen LogP contribution in [0.1, 0.15) is 23.7 Å². The Bertz CT molecular complexity index is 1120. The van der Waals surface area contributed by atoms with Gasteiger partial charge in [0.05, 0.1) is 11.6 Å². The van der Waals surface area contributed by atoms with Crippen LogP contribution in [0.4, 0.5) is 0 Å². The van der Waals surface area contributed by atoms with E-state index in [0.29, 0.717) is 32.6 Å². The number of amides is 2. The summed E-state index contributed by atoms with van der Waals surface area (Å²) in [5, 5.41) is 7.97. The Hall–Kier alpha value is -3.48. The average molecular weight is 446 g/mol. The van der Waals surface area contributed by atoms with E-state index in [-0.39, 0.29) is 24.3 Å². The maximum atomic E-state index is 13.4. The number of carbonyl (C=O) groups is 2. The van der Waals surface area contributed by atoms with Crippen LogP contribution in [-0.2, 0) is 22.6 Å². The van der Waals surface area contributed by atoms with E-state index in [4.69, 9.17) is 0 Å². The van der Waals surface area contributed by atoms with E-state index >= 15 is 0 Å². The van der Waals surface area contributed by atoms with Crippen LogP contribution in [0.3, 0.4) is 0 Å². The molecule has 0 spiro atoms. The molecule has 4 rings (SSSR count). The van der Waals surface area contributed by atoms with E-state index in [9.17, 15) is 9.59 Å². The molecule has 1 unspecified atom stereocenters. The normalized spacial score (nSPS) is 16.7. The molecule has 1 saturated heterocycles. The molecule has 0 saturated carbocycles. The molecule has 2 aromatic carbocycles. The van der Waals surface area contributed by atoms with Crippen molar-refractivity contribution in [1.29, 1.82) is 0 Å². The highest BCUT2D eigenvalue weighted by molar-refractivity contribution is 5.82. The van der Waals surface area contributed by atoms with E-state index in [1.54, 1.807) is 10.9 Å². The maximum absolute atomic E-state index is 13.4. The zero-order chi connectivity index (χ0) is 23.4. The summed E-state index contributed by atoms with van der Waals surface area (Å²) < 4.78 is 1.56. The summed E-state index contributed by atoms with van der Waals surface area (Å²) in [7, 11) is 0. The van der Waals surface area contributed by atoms with Crippen LogP contribution < -0.4 is 0 Å². The van der Waals surface area contributed by atoms with Gasteiger partial charge in [-0.3, -0.25) is 9.59 Å². The van der Waals surface area contributed by atoms with Gasteiger partial charge in [-0.25, -0.2) is 4.68 Å². The average Bonchev–Trinajstić information content (AvgIpc) is 3.15. The standard InChI is InChI=1S/C26H31N5O2/c1-4-29-13-14-30(25(32)18-31-16-20(3)27-28-31)17-23(26(29)33)15-22-7-5-6-8-24(22)21-11-9-19(2)10-12-21/h5-12,16,23H,4,13-15,17-18H2,1-3H3. The Morgan fingerprint density at radius 1 is 1.06 bits per heavy atom. The fraction of sp³-hybridized carbons (Fsp3) is 0.385. The van der Waals surface area contributed by atoms with Gasteiger partial charge in [0.2, 0.25) is 11.8 Å². The number of rotatable bonds is 6. The number of likely N-dealkylation sites (N-methyl/N-ethyl adjacent to an activating group) is 1. The third-order valence-corrected chi connectivity index (χ3v) is 6.27. The number of carbonyl (C=O) groups excluding carboxylic acids is 2. The second kappa shape index (κ2) is 9.98. The molecule has 3 aromatic rings. The predicted molar refractivity (Wildman–Crippen MR) is 127 cm³/mol. The van der Waals surface area contributed by atoms with Gasteiger partial charge in [-0.2, -0.15) is 0 Å². The molecule has 172 valence electrons. The number of nitrogens with zero attached hydrogens (tertiary/aromatic N) is 5. The minimum Gasteiger partial charge on any atom is -0.341 e. The van der Waals surface area contributed by atoms with Gasteiger partial charge in [-0.05, 0) is 43.9 Å². The van der Waals surface area contributed by atoms with Crippen LogP contribution in [0.25, 0.3) is 11.1 Å². The zero-order valence-electron chi connectivity index (χ0n) is 19.6. The van der Waals surface area contributed by atoms with Crippen LogP contribution in [0.5, 0.6) is 0 Å². The smallest absolute Gasteiger partial charge is 0.244 e. The molecule has 2 amide bonds. The van der Waals surface area contributed by atoms with Crippen molar-refractivity contribution in [2.45, 2.75) is 33.7 Å². The Morgan fingerprint density at radius 3 is 2.52 bits per heavy atom. The lowest BCUT2D eigenvalue weighted by Crippen LogP contribution is -2.39. The Balaban J connectivity index is 1.58. The minimum absolute atomic E-state index is 0.0394. The van der Waals surface area contributed by atoms with Crippen LogP contribution >= 0.6 is 0 Å². The third kappa shape index (κ3) is 5.30. The molecular weight excluding hydrogens is 414 g/mol. The summed E-state index contributed by atoms with van der Waals surface area (Å²) in [6.07, 6.45) is 2.35. The van der Waals surface area contributed by atoms with Crippen molar-refractivity contribution in [3.63, 3.8) is 0 Å². The summed E-state index contributed by atoms with van der Waals surface area (Å²) in [5.41, 5.74) is 5.38. The summed E-state index contributed by atoms with van der Waals surface area (Å²) in [4.78, 5) is 30.1. The number of benzene rings is 2. The van der Waals surface area contributed by atoms with Gasteiger partial charge in [-0.1, -0.05) is 59.3 Å². The number of hydrogen-bond donors (Lipinski definition) is 0. The van der Waals surface area contributed by atoms with E-state index in [1.165, 1.54) is 5.56 Å². The molecule has 0 radical (unpaired) electrons. The van der Waals surface area contributed by atoms with Crippen LogP contribution in [0.2, 0.25) is 0 Å². The molecule has 0 aliphatic carbocycles. The highest BCUT2D eigenvalue weighted by atomic mass is 16.2. The highest BCUT2D eigenvalue weighted by Crippen LogP contribution is 2.27. The van der Waals surface area contributed by atoms with Crippen LogP contribution in [0.15, 0.2) is 54.7 Å². The Kier molecular flexibility index (Phi) is 6.87. The summed E-state index contributed by atoms with van der Waals surface area (Å²) in [5.74, 6) is -0.217. The zero-order valence-corrected chi connectivity index (χ0v) is 19.6. The SMILES string of the molecule is CCN1CCN(C(=O)Cn2cc(C)nn2)CC(Cc2ccccc2-c2ccc(C)cc2)C1=O. The molecule has 7 heteroatoms. The monoisotopic (exact) mass is 445 g/mol. The molecule has 0 bridgehead atoms. The first-order valence-electron chi connectivity index (χ1n) is 11.5. The van der Waals surface area contributed by atoms with Crippen LogP contribution in [-0.4, -0.2) is 62.8 Å². The number of aryl methyl sites for hydroxylation is 2. The summed E-state index contributed by atoms with van der Waals surface area (Å²) in [6.45, 7) is 8.17. The first kappa shape index (κ1) is 22.7. The third-order valence-electron chi connectivity index (χ3n) is 6.27. The molecule has 1 atom stereocenters. The summed E-state index contributed by atoms with van der Waals surface area (Å²) in [6, 6.07) is 16.7. The molecular formula is C26H31N5O2. The van der Waals surface area contributed by atoms with Gasteiger partial charge < -0.3 is 9.80 Å². The quantitative estimate of drug-likeness (QED) is 0.585. The van der Waals surface area contributed by atoms with Gasteiger partial charge in [0.15, 0.2) is 0 Å². The fourth-order valence-electron chi connectivity index (χ4n) is 4.43. The van der Waals surface area contributed by atoms with Gasteiger partial charge in [0.1, 0.15) is 6.54 Å². The van der Waals surface area contributed by atoms with Gasteiger partial charge in [0, 0.05) is 32.4 Å². The van der Waals surface area contributed by atoms with Crippen molar-refractivity contribution < 1.29 is 9.59 Å². The van der Waals surface area contributed by atoms with Crippen LogP contribution in [0, 0.1) is 19.8 Å². The molecule has 7 nitrogen and oxygen atoms in total. The van der Waals surface area contributed by atoms with Crippen molar-refractivity contribution in [3.8, 4) is 11.1 Å². The second-order valence-corrected chi connectivity index (χ2v) is 8.74. The molecule has 33 heavy (non-hydrogen) atoms. The first-order valence-corrected chi connectivity index (χ1v) is 11.5. The van der Waals surface area contributed by atoms with E-state index in [0.717, 1.165) is 22.4 Å². The van der Waals surface area contributed by atoms with Gasteiger partial charge in [-0.15, -0.1) is 5.10 Å². The topological polar surface area (TPSA) is 71.3 Å². The number of hydrogen-bond acceptors (Lipinski definition) is 4. The molecule has 2 heterocycles. The van der Waals surface area contributed by atoms with E-state index in [1.807, 2.05) is 35.8 Å². The lowest BCUT2D eigenvalue weighted by Gasteiger charge is -2.24. The summed E-state index contributed by atoms with van der Waals surface area (Å²) >= 11 is 0. The highest BCUT2D eigenvalue weighted by Gasteiger charge is 2.32. The molecule has 1 fully saturated rings. The second-order valence-electron chi connectivity index (χ2n) is 8.74. The van der Waals surface area contributed by atoms with Crippen molar-refractivity contribution in [3.05, 3.63) is 71.5 Å². The van der Waals surface area contributed by atoms with Gasteiger partial charge >= 0.3 is 0 Å². The Morgan fingerprint density at radius 2 is 1.82 bits per heavy atom. The minimum atomic E-state index is -0.291. The first-order chi connectivity index (χ1) is 15.9. The predicted octanol–water partition coefficient (Wildman–Crippen LogP) is 3.11. The molecule has 0 N–H and O–H groups in total. The number of aromatic nitrogens is 3. The molecule has 1 aromatic heterocycles. The van der Waals surface area contributed by atoms with Gasteiger partial charge in [0.25, 0.3) is 0 Å². The van der Waals surface area contributed by atoms with Crippen molar-refractivity contribution in [1.82, 2.24) is 24.8 Å².